The highest BCUT2D eigenvalue weighted by Gasteiger charge is 2.16. The number of piperidine rings is 1. The van der Waals surface area contributed by atoms with E-state index in [-0.39, 0.29) is 29.8 Å². The van der Waals surface area contributed by atoms with Gasteiger partial charge in [0.15, 0.2) is 5.96 Å². The molecule has 1 fully saturated rings. The molecule has 1 aliphatic rings. The number of guanidine groups is 1. The summed E-state index contributed by atoms with van der Waals surface area (Å²) in [6.07, 6.45) is 4.38. The molecule has 29 heavy (non-hydrogen) atoms. The van der Waals surface area contributed by atoms with Gasteiger partial charge in [-0.3, -0.25) is 0 Å². The lowest BCUT2D eigenvalue weighted by molar-refractivity contribution is 0.436. The Hall–Kier alpha value is -1.90. The Labute approximate surface area is 190 Å². The number of hydrogen-bond donors (Lipinski definition) is 2. The van der Waals surface area contributed by atoms with Gasteiger partial charge in [-0.05, 0) is 55.0 Å². The molecule has 1 aromatic carbocycles. The minimum Gasteiger partial charge on any atom is -0.357 e. The normalized spacial score (nSPS) is 15.0. The van der Waals surface area contributed by atoms with Gasteiger partial charge in [-0.2, -0.15) is 0 Å². The van der Waals surface area contributed by atoms with E-state index in [4.69, 9.17) is 0 Å². The van der Waals surface area contributed by atoms with Gasteiger partial charge in [0, 0.05) is 32.4 Å². The molecule has 158 valence electrons. The maximum absolute atomic E-state index is 13.3. The van der Waals surface area contributed by atoms with E-state index >= 15 is 0 Å². The first-order chi connectivity index (χ1) is 13.6. The summed E-state index contributed by atoms with van der Waals surface area (Å²) < 4.78 is 13.3. The van der Waals surface area contributed by atoms with Gasteiger partial charge in [-0.1, -0.05) is 25.1 Å². The average molecular weight is 511 g/mol. The number of hydrogen-bond acceptors (Lipinski definition) is 3. The zero-order valence-corrected chi connectivity index (χ0v) is 19.5. The molecule has 0 unspecified atom stereocenters. The van der Waals surface area contributed by atoms with E-state index in [2.05, 4.69) is 44.6 Å². The van der Waals surface area contributed by atoms with Gasteiger partial charge >= 0.3 is 0 Å². The molecule has 0 bridgehead atoms. The van der Waals surface area contributed by atoms with E-state index in [1.54, 1.807) is 6.07 Å². The summed E-state index contributed by atoms with van der Waals surface area (Å²) in [4.78, 5) is 11.6. The van der Waals surface area contributed by atoms with Crippen LogP contribution in [0.1, 0.15) is 37.8 Å². The molecule has 0 saturated carbocycles. The van der Waals surface area contributed by atoms with Gasteiger partial charge in [-0.25, -0.2) is 14.4 Å². The molecule has 1 saturated heterocycles. The zero-order chi connectivity index (χ0) is 19.8. The monoisotopic (exact) mass is 511 g/mol. The predicted octanol–water partition coefficient (Wildman–Crippen LogP) is 4.33. The number of rotatable bonds is 6. The van der Waals surface area contributed by atoms with Crippen LogP contribution in [0.3, 0.4) is 0 Å². The molecule has 2 N–H and O–H groups in total. The minimum absolute atomic E-state index is 0. The van der Waals surface area contributed by atoms with Crippen molar-refractivity contribution in [1.29, 1.82) is 0 Å². The van der Waals surface area contributed by atoms with Crippen molar-refractivity contribution in [2.75, 3.05) is 24.5 Å². The predicted molar refractivity (Wildman–Crippen MR) is 128 cm³/mol. The second-order valence-corrected chi connectivity index (χ2v) is 7.37. The highest BCUT2D eigenvalue weighted by Crippen LogP contribution is 2.21. The smallest absolute Gasteiger partial charge is 0.191 e. The van der Waals surface area contributed by atoms with E-state index in [0.29, 0.717) is 19.0 Å². The number of nitrogens with one attached hydrogen (secondary N) is 2. The summed E-state index contributed by atoms with van der Waals surface area (Å²) in [7, 11) is 0. The highest BCUT2D eigenvalue weighted by molar-refractivity contribution is 14.0. The van der Waals surface area contributed by atoms with Crippen LogP contribution in [0.25, 0.3) is 0 Å². The van der Waals surface area contributed by atoms with Crippen LogP contribution in [-0.4, -0.2) is 30.6 Å². The second-order valence-electron chi connectivity index (χ2n) is 7.37. The molecule has 1 aromatic heterocycles. The van der Waals surface area contributed by atoms with Crippen molar-refractivity contribution >= 4 is 35.8 Å². The molecule has 7 heteroatoms. The first-order valence-electron chi connectivity index (χ1n) is 10.1. The number of aromatic nitrogens is 1. The lowest BCUT2D eigenvalue weighted by atomic mass is 9.99. The van der Waals surface area contributed by atoms with E-state index in [1.165, 1.54) is 25.0 Å². The van der Waals surface area contributed by atoms with E-state index in [0.717, 1.165) is 42.5 Å². The van der Waals surface area contributed by atoms with Crippen molar-refractivity contribution in [2.45, 2.75) is 39.8 Å². The third-order valence-electron chi connectivity index (χ3n) is 5.03. The summed E-state index contributed by atoms with van der Waals surface area (Å²) >= 11 is 0. The Morgan fingerprint density at radius 2 is 1.97 bits per heavy atom. The quantitative estimate of drug-likeness (QED) is 0.345. The van der Waals surface area contributed by atoms with Crippen molar-refractivity contribution in [1.82, 2.24) is 15.6 Å². The lowest BCUT2D eigenvalue weighted by Gasteiger charge is -2.31. The van der Waals surface area contributed by atoms with Crippen molar-refractivity contribution in [3.05, 3.63) is 59.5 Å². The Morgan fingerprint density at radius 1 is 1.17 bits per heavy atom. The molecule has 2 aromatic rings. The van der Waals surface area contributed by atoms with Gasteiger partial charge in [0.25, 0.3) is 0 Å². The number of pyridine rings is 1. The van der Waals surface area contributed by atoms with Crippen LogP contribution in [0.15, 0.2) is 47.6 Å². The lowest BCUT2D eigenvalue weighted by Crippen LogP contribution is -2.36. The number of nitrogens with zero attached hydrogens (tertiary/aromatic N) is 3. The van der Waals surface area contributed by atoms with Crippen LogP contribution in [0, 0.1) is 11.7 Å². The van der Waals surface area contributed by atoms with Crippen molar-refractivity contribution < 1.29 is 4.39 Å². The second kappa shape index (κ2) is 11.9. The Morgan fingerprint density at radius 3 is 2.62 bits per heavy atom. The van der Waals surface area contributed by atoms with Gasteiger partial charge in [-0.15, -0.1) is 24.0 Å². The zero-order valence-electron chi connectivity index (χ0n) is 17.2. The number of anilines is 1. The Kier molecular flexibility index (Phi) is 9.63. The Bertz CT molecular complexity index is 773. The summed E-state index contributed by atoms with van der Waals surface area (Å²) in [5.41, 5.74) is 1.95. The minimum atomic E-state index is -0.226. The number of benzene rings is 1. The van der Waals surface area contributed by atoms with E-state index in [9.17, 15) is 4.39 Å². The van der Waals surface area contributed by atoms with Crippen molar-refractivity contribution in [2.24, 2.45) is 10.9 Å². The fourth-order valence-electron chi connectivity index (χ4n) is 3.28. The van der Waals surface area contributed by atoms with Crippen LogP contribution in [0.4, 0.5) is 10.2 Å². The SMILES string of the molecule is CCNC(=NCc1ccc(N2CCC(C)CC2)nc1)NCc1cccc(F)c1.I. The van der Waals surface area contributed by atoms with E-state index in [1.807, 2.05) is 19.2 Å². The summed E-state index contributed by atoms with van der Waals surface area (Å²) in [5, 5.41) is 6.47. The molecule has 1 aliphatic heterocycles. The molecule has 0 radical (unpaired) electrons. The standard InChI is InChI=1S/C22H30FN5.HI/c1-3-24-22(26-14-18-5-4-6-20(23)13-18)27-16-19-7-8-21(25-15-19)28-11-9-17(2)10-12-28;/h4-8,13,15,17H,3,9-12,14,16H2,1-2H3,(H2,24,26,27);1H. The number of halogens is 2. The maximum atomic E-state index is 13.3. The molecule has 0 aliphatic carbocycles. The number of aliphatic imine (C=N–C) groups is 1. The molecular weight excluding hydrogens is 480 g/mol. The summed E-state index contributed by atoms with van der Waals surface area (Å²) in [6, 6.07) is 10.8. The van der Waals surface area contributed by atoms with Crippen LogP contribution in [0.2, 0.25) is 0 Å². The first kappa shape index (κ1) is 23.4. The fourth-order valence-corrected chi connectivity index (χ4v) is 3.28. The molecular formula is C22H31FIN5. The third-order valence-corrected chi connectivity index (χ3v) is 5.03. The molecule has 0 spiro atoms. The largest absolute Gasteiger partial charge is 0.357 e. The van der Waals surface area contributed by atoms with Gasteiger partial charge in [0.1, 0.15) is 11.6 Å². The molecule has 3 rings (SSSR count). The Balaban J connectivity index is 0.00000300. The van der Waals surface area contributed by atoms with Gasteiger partial charge < -0.3 is 15.5 Å². The first-order valence-corrected chi connectivity index (χ1v) is 10.1. The summed E-state index contributed by atoms with van der Waals surface area (Å²) in [6.45, 7) is 8.34. The van der Waals surface area contributed by atoms with Crippen LogP contribution in [0.5, 0.6) is 0 Å². The molecule has 0 amide bonds. The maximum Gasteiger partial charge on any atom is 0.191 e. The molecule has 2 heterocycles. The average Bonchev–Trinajstić information content (AvgIpc) is 2.71. The van der Waals surface area contributed by atoms with Crippen molar-refractivity contribution in [3.8, 4) is 0 Å². The fraction of sp³-hybridized carbons (Fsp3) is 0.455. The van der Waals surface area contributed by atoms with Crippen LogP contribution in [-0.2, 0) is 13.1 Å². The highest BCUT2D eigenvalue weighted by atomic mass is 127. The van der Waals surface area contributed by atoms with Crippen LogP contribution >= 0.6 is 24.0 Å². The summed E-state index contributed by atoms with van der Waals surface area (Å²) in [5.74, 6) is 2.35. The van der Waals surface area contributed by atoms with Gasteiger partial charge in [0.2, 0.25) is 0 Å². The topological polar surface area (TPSA) is 52.6 Å². The van der Waals surface area contributed by atoms with Crippen LogP contribution < -0.4 is 15.5 Å². The van der Waals surface area contributed by atoms with Gasteiger partial charge in [0.05, 0.1) is 6.54 Å². The molecule has 5 nitrogen and oxygen atoms in total. The van der Waals surface area contributed by atoms with E-state index < -0.39 is 0 Å². The third kappa shape index (κ3) is 7.45. The molecule has 0 atom stereocenters. The van der Waals surface area contributed by atoms with Crippen molar-refractivity contribution in [3.63, 3.8) is 0 Å².